The minimum absolute atomic E-state index is 0.276. The topological polar surface area (TPSA) is 73.9 Å². The van der Waals surface area contributed by atoms with Crippen LogP contribution in [0.4, 0.5) is 5.69 Å². The second-order valence-electron chi connectivity index (χ2n) is 4.80. The van der Waals surface area contributed by atoms with E-state index in [1.54, 1.807) is 37.4 Å². The van der Waals surface area contributed by atoms with Crippen LogP contribution < -0.4 is 14.8 Å². The number of carbonyl (C=O) groups excluding carboxylic acids is 2. The molecule has 0 aromatic heterocycles. The number of carbonyl (C=O) groups is 2. The van der Waals surface area contributed by atoms with Crippen LogP contribution in [0.25, 0.3) is 0 Å². The molecule has 6 nitrogen and oxygen atoms in total. The molecule has 2 aromatic rings. The average Bonchev–Trinajstić information content (AvgIpc) is 2.60. The lowest BCUT2D eigenvalue weighted by molar-refractivity contribution is -0.149. The number of anilines is 1. The largest absolute Gasteiger partial charge is 0.497 e. The van der Waals surface area contributed by atoms with Crippen LogP contribution >= 0.6 is 23.2 Å². The van der Waals surface area contributed by atoms with Crippen molar-refractivity contribution in [3.8, 4) is 11.5 Å². The zero-order valence-corrected chi connectivity index (χ0v) is 14.8. The van der Waals surface area contributed by atoms with Crippen LogP contribution in [0.15, 0.2) is 42.5 Å². The minimum atomic E-state index is -0.698. The summed E-state index contributed by atoms with van der Waals surface area (Å²) in [6.45, 7) is -0.806. The lowest BCUT2D eigenvalue weighted by Crippen LogP contribution is -2.23. The van der Waals surface area contributed by atoms with Gasteiger partial charge in [-0.1, -0.05) is 23.2 Å². The lowest BCUT2D eigenvalue weighted by atomic mass is 10.3. The molecule has 0 atom stereocenters. The summed E-state index contributed by atoms with van der Waals surface area (Å²) in [5.74, 6) is -0.202. The molecule has 2 rings (SSSR count). The van der Waals surface area contributed by atoms with Gasteiger partial charge in [-0.05, 0) is 42.5 Å². The van der Waals surface area contributed by atoms with Gasteiger partial charge in [0.25, 0.3) is 5.91 Å². The summed E-state index contributed by atoms with van der Waals surface area (Å²) in [5, 5.41) is 3.32. The molecule has 0 aliphatic heterocycles. The van der Waals surface area contributed by atoms with E-state index < -0.39 is 18.5 Å². The van der Waals surface area contributed by atoms with Gasteiger partial charge in [0.1, 0.15) is 11.5 Å². The fourth-order valence-electron chi connectivity index (χ4n) is 1.79. The highest BCUT2D eigenvalue weighted by Crippen LogP contribution is 2.27. The second kappa shape index (κ2) is 9.15. The van der Waals surface area contributed by atoms with E-state index in [0.29, 0.717) is 22.2 Å². The number of hydrogen-bond donors (Lipinski definition) is 1. The molecule has 132 valence electrons. The second-order valence-corrected chi connectivity index (χ2v) is 5.64. The molecular weight excluding hydrogens is 369 g/mol. The molecule has 0 aliphatic carbocycles. The normalized spacial score (nSPS) is 10.0. The van der Waals surface area contributed by atoms with Crippen molar-refractivity contribution in [3.05, 3.63) is 52.5 Å². The van der Waals surface area contributed by atoms with Crippen molar-refractivity contribution in [1.29, 1.82) is 0 Å². The molecule has 1 N–H and O–H groups in total. The van der Waals surface area contributed by atoms with Gasteiger partial charge >= 0.3 is 5.97 Å². The molecule has 1 amide bonds. The maximum absolute atomic E-state index is 11.7. The highest BCUT2D eigenvalue weighted by atomic mass is 35.5. The number of halogens is 2. The smallest absolute Gasteiger partial charge is 0.344 e. The number of hydrogen-bond acceptors (Lipinski definition) is 5. The Morgan fingerprint density at radius 1 is 1.04 bits per heavy atom. The number of rotatable bonds is 7. The Balaban J connectivity index is 1.74. The Morgan fingerprint density at radius 2 is 1.76 bits per heavy atom. The van der Waals surface area contributed by atoms with Crippen LogP contribution in [-0.4, -0.2) is 32.2 Å². The van der Waals surface area contributed by atoms with Crippen molar-refractivity contribution >= 4 is 40.8 Å². The van der Waals surface area contributed by atoms with Crippen LogP contribution in [0.3, 0.4) is 0 Å². The van der Waals surface area contributed by atoms with Crippen molar-refractivity contribution in [1.82, 2.24) is 0 Å². The Bertz CT molecular complexity index is 749. The fraction of sp³-hybridized carbons (Fsp3) is 0.176. The van der Waals surface area contributed by atoms with Crippen molar-refractivity contribution in [3.63, 3.8) is 0 Å². The summed E-state index contributed by atoms with van der Waals surface area (Å²) < 4.78 is 15.1. The molecule has 0 bridgehead atoms. The number of benzene rings is 2. The fourth-order valence-corrected chi connectivity index (χ4v) is 2.25. The summed E-state index contributed by atoms with van der Waals surface area (Å²) >= 11 is 11.7. The molecule has 0 heterocycles. The third-order valence-corrected chi connectivity index (χ3v) is 3.51. The summed E-state index contributed by atoms with van der Waals surface area (Å²) in [6, 6.07) is 11.3. The standard InChI is InChI=1S/C17H15Cl2NO5/c1-23-13-5-3-12(4-6-13)20-16(21)9-25-17(22)10-24-15-7-2-11(18)8-14(15)19/h2-8H,9-10H2,1H3,(H,20,21). The van der Waals surface area contributed by atoms with Crippen LogP contribution in [0.5, 0.6) is 11.5 Å². The van der Waals surface area contributed by atoms with Gasteiger partial charge in [0, 0.05) is 10.7 Å². The maximum Gasteiger partial charge on any atom is 0.344 e. The average molecular weight is 384 g/mol. The van der Waals surface area contributed by atoms with Gasteiger partial charge in [-0.3, -0.25) is 4.79 Å². The third-order valence-electron chi connectivity index (χ3n) is 2.98. The minimum Gasteiger partial charge on any atom is -0.497 e. The molecule has 0 saturated heterocycles. The van der Waals surface area contributed by atoms with E-state index in [9.17, 15) is 9.59 Å². The highest BCUT2D eigenvalue weighted by Gasteiger charge is 2.10. The maximum atomic E-state index is 11.7. The van der Waals surface area contributed by atoms with Crippen LogP contribution in [0, 0.1) is 0 Å². The Morgan fingerprint density at radius 3 is 2.40 bits per heavy atom. The Hall–Kier alpha value is -2.44. The van der Waals surface area contributed by atoms with Crippen LogP contribution in [0.2, 0.25) is 10.0 Å². The van der Waals surface area contributed by atoms with Crippen molar-refractivity contribution < 1.29 is 23.8 Å². The summed E-state index contributed by atoms with van der Waals surface area (Å²) in [5.41, 5.74) is 0.561. The Labute approximate surface area is 154 Å². The molecular formula is C17H15Cl2NO5. The SMILES string of the molecule is COc1ccc(NC(=O)COC(=O)COc2ccc(Cl)cc2Cl)cc1. The number of ether oxygens (including phenoxy) is 3. The lowest BCUT2D eigenvalue weighted by Gasteiger charge is -2.09. The monoisotopic (exact) mass is 383 g/mol. The van der Waals surface area contributed by atoms with Crippen LogP contribution in [0.1, 0.15) is 0 Å². The molecule has 0 radical (unpaired) electrons. The third kappa shape index (κ3) is 6.17. The molecule has 25 heavy (non-hydrogen) atoms. The predicted molar refractivity (Wildman–Crippen MR) is 94.5 cm³/mol. The van der Waals surface area contributed by atoms with E-state index in [1.165, 1.54) is 12.1 Å². The molecule has 0 fully saturated rings. The van der Waals surface area contributed by atoms with E-state index in [-0.39, 0.29) is 11.6 Å². The van der Waals surface area contributed by atoms with Gasteiger partial charge in [0.05, 0.1) is 12.1 Å². The summed E-state index contributed by atoms with van der Waals surface area (Å²) in [4.78, 5) is 23.4. The molecule has 0 aliphatic rings. The van der Waals surface area contributed by atoms with Crippen LogP contribution in [-0.2, 0) is 14.3 Å². The first-order chi connectivity index (χ1) is 12.0. The number of esters is 1. The van der Waals surface area contributed by atoms with E-state index >= 15 is 0 Å². The van der Waals surface area contributed by atoms with Gasteiger partial charge in [-0.2, -0.15) is 0 Å². The van der Waals surface area contributed by atoms with Gasteiger partial charge in [-0.25, -0.2) is 4.79 Å². The van der Waals surface area contributed by atoms with Gasteiger partial charge in [0.2, 0.25) is 0 Å². The summed E-state index contributed by atoms with van der Waals surface area (Å²) in [6.07, 6.45) is 0. The van der Waals surface area contributed by atoms with Gasteiger partial charge < -0.3 is 19.5 Å². The first-order valence-electron chi connectivity index (χ1n) is 7.15. The van der Waals surface area contributed by atoms with Crippen molar-refractivity contribution in [2.45, 2.75) is 0 Å². The first-order valence-corrected chi connectivity index (χ1v) is 7.91. The zero-order chi connectivity index (χ0) is 18.2. The first kappa shape index (κ1) is 18.9. The number of nitrogens with one attached hydrogen (secondary N) is 1. The molecule has 0 unspecified atom stereocenters. The number of methoxy groups -OCH3 is 1. The van der Waals surface area contributed by atoms with E-state index in [0.717, 1.165) is 0 Å². The van der Waals surface area contributed by atoms with E-state index in [1.807, 2.05) is 0 Å². The summed E-state index contributed by atoms with van der Waals surface area (Å²) in [7, 11) is 1.55. The molecule has 2 aromatic carbocycles. The Kier molecular flexibility index (Phi) is 6.91. The van der Waals surface area contributed by atoms with Gasteiger partial charge in [0.15, 0.2) is 13.2 Å². The zero-order valence-electron chi connectivity index (χ0n) is 13.3. The van der Waals surface area contributed by atoms with E-state index in [4.69, 9.17) is 37.4 Å². The quantitative estimate of drug-likeness (QED) is 0.739. The predicted octanol–water partition coefficient (Wildman–Crippen LogP) is 3.56. The highest BCUT2D eigenvalue weighted by molar-refractivity contribution is 6.35. The van der Waals surface area contributed by atoms with Gasteiger partial charge in [-0.15, -0.1) is 0 Å². The molecule has 0 saturated carbocycles. The molecule has 0 spiro atoms. The molecule has 8 heteroatoms. The van der Waals surface area contributed by atoms with Crippen molar-refractivity contribution in [2.75, 3.05) is 25.6 Å². The van der Waals surface area contributed by atoms with Crippen molar-refractivity contribution in [2.24, 2.45) is 0 Å². The number of amides is 1. The van der Waals surface area contributed by atoms with E-state index in [2.05, 4.69) is 5.32 Å².